The quantitative estimate of drug-likeness (QED) is 0.848. The van der Waals surface area contributed by atoms with Crippen molar-refractivity contribution in [3.05, 3.63) is 23.9 Å². The van der Waals surface area contributed by atoms with Gasteiger partial charge in [0, 0.05) is 17.6 Å². The van der Waals surface area contributed by atoms with E-state index in [0.717, 1.165) is 0 Å². The van der Waals surface area contributed by atoms with Crippen LogP contribution >= 0.6 is 15.9 Å². The van der Waals surface area contributed by atoms with E-state index in [1.165, 1.54) is 7.11 Å². The first kappa shape index (κ1) is 12.0. The zero-order valence-corrected chi connectivity index (χ0v) is 10.2. The van der Waals surface area contributed by atoms with Gasteiger partial charge in [-0.3, -0.25) is 4.79 Å². The van der Waals surface area contributed by atoms with Gasteiger partial charge in [-0.25, -0.2) is 4.98 Å². The lowest BCUT2D eigenvalue weighted by molar-refractivity contribution is 0.0950. The molecule has 1 aromatic rings. The highest BCUT2D eigenvalue weighted by Crippen LogP contribution is 2.13. The fourth-order valence-corrected chi connectivity index (χ4v) is 1.22. The van der Waals surface area contributed by atoms with Gasteiger partial charge in [0.05, 0.1) is 7.11 Å². The van der Waals surface area contributed by atoms with Crippen molar-refractivity contribution in [2.75, 3.05) is 13.7 Å². The van der Waals surface area contributed by atoms with Crippen LogP contribution in [0.1, 0.15) is 17.3 Å². The van der Waals surface area contributed by atoms with Crippen molar-refractivity contribution >= 4 is 21.8 Å². The Kier molecular flexibility index (Phi) is 4.55. The summed E-state index contributed by atoms with van der Waals surface area (Å²) in [6, 6.07) is 3.38. The molecule has 1 aromatic heterocycles. The van der Waals surface area contributed by atoms with Crippen molar-refractivity contribution in [1.82, 2.24) is 10.3 Å². The molecule has 0 aliphatic heterocycles. The van der Waals surface area contributed by atoms with Crippen LogP contribution in [0.4, 0.5) is 0 Å². The van der Waals surface area contributed by atoms with Crippen molar-refractivity contribution in [2.45, 2.75) is 11.8 Å². The van der Waals surface area contributed by atoms with Gasteiger partial charge in [-0.15, -0.1) is 0 Å². The predicted molar refractivity (Wildman–Crippen MR) is 61.5 cm³/mol. The molecule has 15 heavy (non-hydrogen) atoms. The lowest BCUT2D eigenvalue weighted by Gasteiger charge is -2.08. The Morgan fingerprint density at radius 2 is 2.47 bits per heavy atom. The molecule has 1 unspecified atom stereocenters. The number of nitrogens with one attached hydrogen (secondary N) is 1. The SMILES string of the molecule is COc1ncccc1C(=O)NCC(C)Br. The maximum absolute atomic E-state index is 11.7. The van der Waals surface area contributed by atoms with E-state index in [2.05, 4.69) is 26.2 Å². The number of aromatic nitrogens is 1. The number of ether oxygens (including phenoxy) is 1. The second kappa shape index (κ2) is 5.70. The van der Waals surface area contributed by atoms with Crippen LogP contribution < -0.4 is 10.1 Å². The molecular formula is C10H13BrN2O2. The molecule has 1 rings (SSSR count). The Bertz CT molecular complexity index is 342. The molecule has 0 saturated heterocycles. The minimum absolute atomic E-state index is 0.175. The molecule has 1 atom stereocenters. The number of carbonyl (C=O) groups is 1. The largest absolute Gasteiger partial charge is 0.480 e. The van der Waals surface area contributed by atoms with E-state index >= 15 is 0 Å². The van der Waals surface area contributed by atoms with Crippen molar-refractivity contribution in [2.24, 2.45) is 0 Å². The van der Waals surface area contributed by atoms with E-state index < -0.39 is 0 Å². The summed E-state index contributed by atoms with van der Waals surface area (Å²) in [5, 5.41) is 2.77. The molecule has 4 nitrogen and oxygen atoms in total. The van der Waals surface area contributed by atoms with Gasteiger partial charge < -0.3 is 10.1 Å². The van der Waals surface area contributed by atoms with Crippen LogP contribution in [0.15, 0.2) is 18.3 Å². The molecule has 0 spiro atoms. The van der Waals surface area contributed by atoms with Gasteiger partial charge in [-0.05, 0) is 12.1 Å². The fraction of sp³-hybridized carbons (Fsp3) is 0.400. The molecule has 0 saturated carbocycles. The summed E-state index contributed by atoms with van der Waals surface area (Å²) in [6.45, 7) is 2.53. The van der Waals surface area contributed by atoms with E-state index in [1.54, 1.807) is 18.3 Å². The number of methoxy groups -OCH3 is 1. The first-order valence-corrected chi connectivity index (χ1v) is 5.48. The Balaban J connectivity index is 2.72. The number of carbonyl (C=O) groups excluding carboxylic acids is 1. The number of nitrogens with zero attached hydrogens (tertiary/aromatic N) is 1. The molecule has 0 fully saturated rings. The van der Waals surface area contributed by atoms with Crippen LogP contribution in [0.2, 0.25) is 0 Å². The zero-order valence-electron chi connectivity index (χ0n) is 8.66. The molecule has 0 bridgehead atoms. The zero-order chi connectivity index (χ0) is 11.3. The highest BCUT2D eigenvalue weighted by atomic mass is 79.9. The maximum Gasteiger partial charge on any atom is 0.256 e. The Morgan fingerprint density at radius 3 is 3.07 bits per heavy atom. The van der Waals surface area contributed by atoms with Gasteiger partial charge in [0.15, 0.2) is 0 Å². The Hall–Kier alpha value is -1.10. The lowest BCUT2D eigenvalue weighted by atomic mass is 10.2. The van der Waals surface area contributed by atoms with Gasteiger partial charge in [0.2, 0.25) is 5.88 Å². The van der Waals surface area contributed by atoms with Crippen molar-refractivity contribution in [3.8, 4) is 5.88 Å². The van der Waals surface area contributed by atoms with E-state index in [1.807, 2.05) is 6.92 Å². The van der Waals surface area contributed by atoms with Crippen LogP contribution in [0, 0.1) is 0 Å². The molecule has 0 aliphatic rings. The van der Waals surface area contributed by atoms with Gasteiger partial charge in [0.1, 0.15) is 5.56 Å². The topological polar surface area (TPSA) is 51.2 Å². The molecule has 1 N–H and O–H groups in total. The molecule has 0 aliphatic carbocycles. The normalized spacial score (nSPS) is 11.9. The second-order valence-corrected chi connectivity index (χ2v) is 4.61. The van der Waals surface area contributed by atoms with Gasteiger partial charge in [-0.1, -0.05) is 22.9 Å². The number of pyridine rings is 1. The monoisotopic (exact) mass is 272 g/mol. The molecule has 1 amide bonds. The van der Waals surface area contributed by atoms with Gasteiger partial charge >= 0.3 is 0 Å². The molecule has 82 valence electrons. The molecule has 0 radical (unpaired) electrons. The Labute approximate surface area is 97.2 Å². The van der Waals surface area contributed by atoms with Crippen LogP contribution in [-0.4, -0.2) is 29.4 Å². The fourth-order valence-electron chi connectivity index (χ4n) is 1.05. The third-order valence-electron chi connectivity index (χ3n) is 1.75. The standard InChI is InChI=1S/C10H13BrN2O2/c1-7(11)6-13-9(14)8-4-3-5-12-10(8)15-2/h3-5,7H,6H2,1-2H3,(H,13,14). The number of alkyl halides is 1. The highest BCUT2D eigenvalue weighted by Gasteiger charge is 2.12. The lowest BCUT2D eigenvalue weighted by Crippen LogP contribution is -2.28. The summed E-state index contributed by atoms with van der Waals surface area (Å²) < 4.78 is 4.99. The summed E-state index contributed by atoms with van der Waals surface area (Å²) in [7, 11) is 1.49. The number of rotatable bonds is 4. The van der Waals surface area contributed by atoms with Crippen LogP contribution in [-0.2, 0) is 0 Å². The van der Waals surface area contributed by atoms with Crippen LogP contribution in [0.5, 0.6) is 5.88 Å². The van der Waals surface area contributed by atoms with Crippen molar-refractivity contribution in [1.29, 1.82) is 0 Å². The number of halogens is 1. The summed E-state index contributed by atoms with van der Waals surface area (Å²) in [4.78, 5) is 15.9. The Morgan fingerprint density at radius 1 is 1.73 bits per heavy atom. The highest BCUT2D eigenvalue weighted by molar-refractivity contribution is 9.09. The summed E-state index contributed by atoms with van der Waals surface area (Å²) in [5.74, 6) is 0.170. The first-order chi connectivity index (χ1) is 7.15. The summed E-state index contributed by atoms with van der Waals surface area (Å²) in [6.07, 6.45) is 1.59. The number of hydrogen-bond acceptors (Lipinski definition) is 3. The number of hydrogen-bond donors (Lipinski definition) is 1. The maximum atomic E-state index is 11.7. The van der Waals surface area contributed by atoms with Crippen LogP contribution in [0.3, 0.4) is 0 Å². The second-order valence-electron chi connectivity index (χ2n) is 3.05. The third kappa shape index (κ3) is 3.51. The third-order valence-corrected chi connectivity index (χ3v) is 2.08. The average Bonchev–Trinajstić information content (AvgIpc) is 2.25. The molecule has 0 aromatic carbocycles. The molecular weight excluding hydrogens is 260 g/mol. The van der Waals surface area contributed by atoms with Crippen molar-refractivity contribution < 1.29 is 9.53 Å². The molecule has 1 heterocycles. The predicted octanol–water partition coefficient (Wildman–Crippen LogP) is 1.60. The van der Waals surface area contributed by atoms with Crippen LogP contribution in [0.25, 0.3) is 0 Å². The molecule has 5 heteroatoms. The van der Waals surface area contributed by atoms with Gasteiger partial charge in [0.25, 0.3) is 5.91 Å². The van der Waals surface area contributed by atoms with Crippen molar-refractivity contribution in [3.63, 3.8) is 0 Å². The summed E-state index contributed by atoms with van der Waals surface area (Å²) >= 11 is 3.35. The minimum atomic E-state index is -0.175. The van der Waals surface area contributed by atoms with Gasteiger partial charge in [-0.2, -0.15) is 0 Å². The minimum Gasteiger partial charge on any atom is -0.480 e. The summed E-state index contributed by atoms with van der Waals surface area (Å²) in [5.41, 5.74) is 0.452. The van der Waals surface area contributed by atoms with E-state index in [0.29, 0.717) is 18.0 Å². The average molecular weight is 273 g/mol. The van der Waals surface area contributed by atoms with E-state index in [4.69, 9.17) is 4.74 Å². The van der Waals surface area contributed by atoms with E-state index in [9.17, 15) is 4.79 Å². The first-order valence-electron chi connectivity index (χ1n) is 4.56. The smallest absolute Gasteiger partial charge is 0.256 e. The number of amides is 1. The van der Waals surface area contributed by atoms with E-state index in [-0.39, 0.29) is 10.7 Å².